The number of hydrogen-bond donors (Lipinski definition) is 0. The van der Waals surface area contributed by atoms with Gasteiger partial charge in [0.25, 0.3) is 0 Å². The first-order valence-corrected chi connectivity index (χ1v) is 6.01. The number of ether oxygens (including phenoxy) is 3. The standard InChI is InChI=1S/C14H17NO4/c1-5-18-13-8-15-14(19-13)10-7-11(16-3)9(2)6-12(10)17-4/h6-8H,5H2,1-4H3. The molecule has 0 aliphatic heterocycles. The van der Waals surface area contributed by atoms with Crippen LogP contribution in [0.1, 0.15) is 12.5 Å². The molecule has 0 saturated carbocycles. The van der Waals surface area contributed by atoms with Gasteiger partial charge in [0.15, 0.2) is 0 Å². The molecule has 0 atom stereocenters. The minimum atomic E-state index is 0.388. The van der Waals surface area contributed by atoms with E-state index in [1.165, 1.54) is 0 Å². The molecule has 19 heavy (non-hydrogen) atoms. The van der Waals surface area contributed by atoms with E-state index < -0.39 is 0 Å². The molecule has 0 unspecified atom stereocenters. The van der Waals surface area contributed by atoms with Gasteiger partial charge in [0, 0.05) is 0 Å². The molecule has 0 aliphatic carbocycles. The van der Waals surface area contributed by atoms with E-state index in [1.54, 1.807) is 20.4 Å². The highest BCUT2D eigenvalue weighted by Gasteiger charge is 2.15. The lowest BCUT2D eigenvalue weighted by molar-refractivity contribution is 0.260. The predicted octanol–water partition coefficient (Wildman–Crippen LogP) is 3.07. The average Bonchev–Trinajstić information content (AvgIpc) is 2.87. The first-order valence-electron chi connectivity index (χ1n) is 6.01. The van der Waals surface area contributed by atoms with E-state index >= 15 is 0 Å². The molecular formula is C14H17NO4. The van der Waals surface area contributed by atoms with Crippen LogP contribution in [0, 0.1) is 6.92 Å². The summed E-state index contributed by atoms with van der Waals surface area (Å²) in [5.74, 6) is 2.27. The van der Waals surface area contributed by atoms with Crippen LogP contribution in [0.4, 0.5) is 0 Å². The largest absolute Gasteiger partial charge is 0.496 e. The second-order valence-electron chi connectivity index (χ2n) is 3.94. The van der Waals surface area contributed by atoms with Crippen molar-refractivity contribution < 1.29 is 18.6 Å². The van der Waals surface area contributed by atoms with Gasteiger partial charge < -0.3 is 18.6 Å². The van der Waals surface area contributed by atoms with Crippen molar-refractivity contribution in [3.8, 4) is 28.9 Å². The number of rotatable bonds is 5. The SMILES string of the molecule is CCOc1cnc(-c2cc(OC)c(C)cc2OC)o1. The predicted molar refractivity (Wildman–Crippen MR) is 70.9 cm³/mol. The van der Waals surface area contributed by atoms with Gasteiger partial charge in [0.05, 0.1) is 26.4 Å². The van der Waals surface area contributed by atoms with Gasteiger partial charge in [-0.2, -0.15) is 0 Å². The minimum Gasteiger partial charge on any atom is -0.496 e. The zero-order valence-electron chi connectivity index (χ0n) is 11.5. The van der Waals surface area contributed by atoms with Crippen LogP contribution in [0.25, 0.3) is 11.5 Å². The van der Waals surface area contributed by atoms with Crippen molar-refractivity contribution in [1.82, 2.24) is 4.98 Å². The summed E-state index contributed by atoms with van der Waals surface area (Å²) in [5, 5.41) is 0. The van der Waals surface area contributed by atoms with Gasteiger partial charge in [-0.25, -0.2) is 4.98 Å². The van der Waals surface area contributed by atoms with Crippen LogP contribution in [0.15, 0.2) is 22.7 Å². The molecule has 2 rings (SSSR count). The molecule has 1 aromatic carbocycles. The Hall–Kier alpha value is -2.17. The molecule has 0 spiro atoms. The number of hydrogen-bond acceptors (Lipinski definition) is 5. The maximum Gasteiger partial charge on any atom is 0.305 e. The van der Waals surface area contributed by atoms with Crippen LogP contribution < -0.4 is 14.2 Å². The fourth-order valence-electron chi connectivity index (χ4n) is 1.81. The first-order chi connectivity index (χ1) is 9.19. The second kappa shape index (κ2) is 5.65. The van der Waals surface area contributed by atoms with Gasteiger partial charge in [-0.15, -0.1) is 0 Å². The maximum absolute atomic E-state index is 5.52. The average molecular weight is 263 g/mol. The van der Waals surface area contributed by atoms with E-state index in [0.29, 0.717) is 24.2 Å². The molecule has 0 bridgehead atoms. The Labute approximate surface area is 112 Å². The number of aromatic nitrogens is 1. The van der Waals surface area contributed by atoms with Crippen molar-refractivity contribution in [2.24, 2.45) is 0 Å². The Kier molecular flexibility index (Phi) is 3.94. The third-order valence-electron chi connectivity index (χ3n) is 2.72. The third kappa shape index (κ3) is 2.65. The Balaban J connectivity index is 2.46. The second-order valence-corrected chi connectivity index (χ2v) is 3.94. The van der Waals surface area contributed by atoms with Gasteiger partial charge in [-0.05, 0) is 31.5 Å². The molecule has 1 heterocycles. The van der Waals surface area contributed by atoms with Crippen LogP contribution in [0.5, 0.6) is 17.4 Å². The highest BCUT2D eigenvalue weighted by atomic mass is 16.6. The lowest BCUT2D eigenvalue weighted by Crippen LogP contribution is -1.93. The van der Waals surface area contributed by atoms with Crippen molar-refractivity contribution in [1.29, 1.82) is 0 Å². The Bertz CT molecular complexity index is 563. The molecule has 5 heteroatoms. The van der Waals surface area contributed by atoms with Crippen molar-refractivity contribution >= 4 is 0 Å². The first kappa shape index (κ1) is 13.3. The molecule has 0 fully saturated rings. The van der Waals surface area contributed by atoms with Crippen molar-refractivity contribution in [2.75, 3.05) is 20.8 Å². The van der Waals surface area contributed by atoms with Crippen LogP contribution in [-0.4, -0.2) is 25.8 Å². The minimum absolute atomic E-state index is 0.388. The Morgan fingerprint density at radius 2 is 1.89 bits per heavy atom. The van der Waals surface area contributed by atoms with Crippen LogP contribution >= 0.6 is 0 Å². The summed E-state index contributed by atoms with van der Waals surface area (Å²) in [5.41, 5.74) is 1.72. The van der Waals surface area contributed by atoms with Crippen LogP contribution in [-0.2, 0) is 0 Å². The van der Waals surface area contributed by atoms with Gasteiger partial charge in [0.1, 0.15) is 17.7 Å². The van der Waals surface area contributed by atoms with E-state index in [9.17, 15) is 0 Å². The number of benzene rings is 1. The summed E-state index contributed by atoms with van der Waals surface area (Å²) in [6.45, 7) is 4.37. The fourth-order valence-corrected chi connectivity index (χ4v) is 1.81. The molecule has 0 aliphatic rings. The summed E-state index contributed by atoms with van der Waals surface area (Å²) in [6, 6.07) is 3.73. The normalized spacial score (nSPS) is 10.3. The highest BCUT2D eigenvalue weighted by molar-refractivity contribution is 5.67. The number of oxazole rings is 1. The van der Waals surface area contributed by atoms with Gasteiger partial charge in [-0.3, -0.25) is 0 Å². The molecular weight excluding hydrogens is 246 g/mol. The lowest BCUT2D eigenvalue weighted by atomic mass is 10.1. The fraction of sp³-hybridized carbons (Fsp3) is 0.357. The molecule has 0 saturated heterocycles. The van der Waals surface area contributed by atoms with E-state index in [-0.39, 0.29) is 0 Å². The zero-order chi connectivity index (χ0) is 13.8. The van der Waals surface area contributed by atoms with E-state index in [2.05, 4.69) is 4.98 Å². The summed E-state index contributed by atoms with van der Waals surface area (Å²) >= 11 is 0. The third-order valence-corrected chi connectivity index (χ3v) is 2.72. The van der Waals surface area contributed by atoms with Crippen molar-refractivity contribution in [3.63, 3.8) is 0 Å². The Morgan fingerprint density at radius 1 is 1.16 bits per heavy atom. The van der Waals surface area contributed by atoms with Gasteiger partial charge in [0.2, 0.25) is 5.89 Å². The van der Waals surface area contributed by atoms with E-state index in [0.717, 1.165) is 16.9 Å². The zero-order valence-corrected chi connectivity index (χ0v) is 11.5. The molecule has 0 N–H and O–H groups in total. The number of aryl methyl sites for hydroxylation is 1. The van der Waals surface area contributed by atoms with Crippen molar-refractivity contribution in [2.45, 2.75) is 13.8 Å². The van der Waals surface area contributed by atoms with Crippen molar-refractivity contribution in [3.05, 3.63) is 23.9 Å². The van der Waals surface area contributed by atoms with Crippen LogP contribution in [0.3, 0.4) is 0 Å². The monoisotopic (exact) mass is 263 g/mol. The Morgan fingerprint density at radius 3 is 2.53 bits per heavy atom. The summed E-state index contributed by atoms with van der Waals surface area (Å²) in [6.07, 6.45) is 1.55. The smallest absolute Gasteiger partial charge is 0.305 e. The van der Waals surface area contributed by atoms with E-state index in [1.807, 2.05) is 26.0 Å². The number of methoxy groups -OCH3 is 2. The maximum atomic E-state index is 5.52. The van der Waals surface area contributed by atoms with Gasteiger partial charge in [-0.1, -0.05) is 0 Å². The van der Waals surface area contributed by atoms with Crippen LogP contribution in [0.2, 0.25) is 0 Å². The molecule has 5 nitrogen and oxygen atoms in total. The lowest BCUT2D eigenvalue weighted by Gasteiger charge is -2.10. The summed E-state index contributed by atoms with van der Waals surface area (Å²) in [4.78, 5) is 4.19. The molecule has 102 valence electrons. The van der Waals surface area contributed by atoms with Gasteiger partial charge >= 0.3 is 5.95 Å². The highest BCUT2D eigenvalue weighted by Crippen LogP contribution is 2.36. The quantitative estimate of drug-likeness (QED) is 0.829. The summed E-state index contributed by atoms with van der Waals surface area (Å²) < 4.78 is 21.4. The molecule has 2 aromatic rings. The molecule has 0 radical (unpaired) electrons. The molecule has 0 amide bonds. The molecule has 1 aromatic heterocycles. The van der Waals surface area contributed by atoms with E-state index in [4.69, 9.17) is 18.6 Å². The topological polar surface area (TPSA) is 53.7 Å². The summed E-state index contributed by atoms with van der Waals surface area (Å²) in [7, 11) is 3.23. The number of nitrogens with zero attached hydrogens (tertiary/aromatic N) is 1.